The second-order valence-electron chi connectivity index (χ2n) is 11.4. The fraction of sp³-hybridized carbons (Fsp3) is 0.342. The summed E-state index contributed by atoms with van der Waals surface area (Å²) in [4.78, 5) is 12.8. The average molecular weight is 627 g/mol. The third-order valence-corrected chi connectivity index (χ3v) is 8.74. The Kier molecular flexibility index (Phi) is 11.1. The van der Waals surface area contributed by atoms with E-state index in [9.17, 15) is 9.90 Å². The highest BCUT2D eigenvalue weighted by atomic mass is 16.7. The van der Waals surface area contributed by atoms with Crippen molar-refractivity contribution >= 4 is 5.97 Å². The maximum atomic E-state index is 12.8. The molecular formula is C38H42O8. The Balaban J connectivity index is 1.34. The first kappa shape index (κ1) is 33.2. The highest BCUT2D eigenvalue weighted by Crippen LogP contribution is 2.42. The molecule has 0 saturated carbocycles. The van der Waals surface area contributed by atoms with Crippen molar-refractivity contribution in [2.24, 2.45) is 11.8 Å². The monoisotopic (exact) mass is 626 g/mol. The van der Waals surface area contributed by atoms with E-state index in [1.165, 1.54) is 0 Å². The van der Waals surface area contributed by atoms with Crippen LogP contribution in [0.25, 0.3) is 0 Å². The molecule has 0 radical (unpaired) electrons. The van der Waals surface area contributed by atoms with Crippen molar-refractivity contribution < 1.29 is 38.3 Å². The van der Waals surface area contributed by atoms with Crippen molar-refractivity contribution in [1.29, 1.82) is 0 Å². The number of hydrogen-bond acceptors (Lipinski definition) is 8. The highest BCUT2D eigenvalue weighted by molar-refractivity contribution is 5.89. The molecule has 1 heterocycles. The zero-order valence-corrected chi connectivity index (χ0v) is 26.7. The summed E-state index contributed by atoms with van der Waals surface area (Å²) in [6, 6.07) is 34.6. The minimum absolute atomic E-state index is 0.126. The molecule has 5 unspecified atom stereocenters. The molecule has 5 rings (SSSR count). The lowest BCUT2D eigenvalue weighted by Crippen LogP contribution is -2.53. The van der Waals surface area contributed by atoms with Crippen molar-refractivity contribution in [1.82, 2.24) is 0 Å². The van der Waals surface area contributed by atoms with Gasteiger partial charge in [-0.3, -0.25) is 0 Å². The number of rotatable bonds is 13. The van der Waals surface area contributed by atoms with Crippen LogP contribution in [0.2, 0.25) is 0 Å². The van der Waals surface area contributed by atoms with Crippen molar-refractivity contribution in [3.05, 3.63) is 131 Å². The summed E-state index contributed by atoms with van der Waals surface area (Å²) in [6.45, 7) is 4.11. The van der Waals surface area contributed by atoms with Crippen LogP contribution < -0.4 is 9.47 Å². The second-order valence-corrected chi connectivity index (χ2v) is 11.4. The molecule has 1 N–H and O–H groups in total. The second kappa shape index (κ2) is 15.4. The Bertz CT molecular complexity index is 1460. The van der Waals surface area contributed by atoms with Gasteiger partial charge in [0.1, 0.15) is 29.3 Å². The van der Waals surface area contributed by atoms with Crippen molar-refractivity contribution in [3.8, 4) is 11.5 Å². The van der Waals surface area contributed by atoms with E-state index in [1.54, 1.807) is 38.5 Å². The van der Waals surface area contributed by atoms with E-state index in [2.05, 4.69) is 0 Å². The predicted molar refractivity (Wildman–Crippen MR) is 174 cm³/mol. The number of hydrogen-bond donors (Lipinski definition) is 1. The predicted octanol–water partition coefficient (Wildman–Crippen LogP) is 6.24. The van der Waals surface area contributed by atoms with Crippen molar-refractivity contribution in [2.45, 2.75) is 37.9 Å². The van der Waals surface area contributed by atoms with E-state index in [4.69, 9.17) is 28.4 Å². The van der Waals surface area contributed by atoms with Gasteiger partial charge in [-0.2, -0.15) is 0 Å². The number of carbonyl (C=O) groups excluding carboxylic acids is 1. The first-order chi connectivity index (χ1) is 22.4. The number of methoxy groups -OCH3 is 2. The molecule has 1 aliphatic rings. The minimum Gasteiger partial charge on any atom is -0.497 e. The number of carbonyl (C=O) groups is 1. The summed E-state index contributed by atoms with van der Waals surface area (Å²) < 4.78 is 36.0. The van der Waals surface area contributed by atoms with Crippen LogP contribution in [-0.2, 0) is 24.5 Å². The lowest BCUT2D eigenvalue weighted by Gasteiger charge is -2.43. The van der Waals surface area contributed by atoms with Crippen LogP contribution in [0.15, 0.2) is 109 Å². The fourth-order valence-corrected chi connectivity index (χ4v) is 5.98. The number of esters is 1. The maximum Gasteiger partial charge on any atom is 0.338 e. The van der Waals surface area contributed by atoms with E-state index in [1.807, 2.05) is 98.8 Å². The summed E-state index contributed by atoms with van der Waals surface area (Å²) >= 11 is 0. The van der Waals surface area contributed by atoms with Crippen LogP contribution >= 0.6 is 0 Å². The molecule has 4 aromatic carbocycles. The SMILES string of the molecule is COc1ccc(C(OCCOC2OC(CO)C(OC(=O)c3ccccc3)C(C)C2C)(c2ccccc2)c2ccc(OC)cc2)cc1. The minimum atomic E-state index is -0.972. The topological polar surface area (TPSA) is 92.7 Å². The van der Waals surface area contributed by atoms with Gasteiger partial charge in [-0.1, -0.05) is 86.6 Å². The molecule has 0 aromatic heterocycles. The molecule has 4 aromatic rings. The Hall–Kier alpha value is -4.21. The molecule has 0 amide bonds. The standard InChI is InChI=1S/C38H42O8/c1-26-27(2)37(45-34(25-39)35(26)46-36(40)28-11-7-5-8-12-28)43-23-24-44-38(29-13-9-6-10-14-29,30-15-19-32(41-3)20-16-30)31-17-21-33(42-4)22-18-31/h5-22,26-27,34-35,37,39H,23-25H2,1-4H3. The Morgan fingerprint density at radius 2 is 1.24 bits per heavy atom. The van der Waals surface area contributed by atoms with Crippen LogP contribution in [0.3, 0.4) is 0 Å². The zero-order valence-electron chi connectivity index (χ0n) is 26.7. The summed E-state index contributed by atoms with van der Waals surface area (Å²) in [5.74, 6) is 0.777. The third-order valence-electron chi connectivity index (χ3n) is 8.74. The molecule has 242 valence electrons. The van der Waals surface area contributed by atoms with E-state index in [0.29, 0.717) is 5.56 Å². The average Bonchev–Trinajstić information content (AvgIpc) is 3.12. The summed E-state index contributed by atoms with van der Waals surface area (Å²) in [5, 5.41) is 10.2. The molecule has 0 aliphatic carbocycles. The van der Waals surface area contributed by atoms with Gasteiger partial charge in [0.15, 0.2) is 6.29 Å². The van der Waals surface area contributed by atoms with Gasteiger partial charge >= 0.3 is 5.97 Å². The van der Waals surface area contributed by atoms with E-state index < -0.39 is 30.1 Å². The number of aliphatic hydroxyl groups is 1. The Morgan fingerprint density at radius 3 is 1.76 bits per heavy atom. The lowest BCUT2D eigenvalue weighted by atomic mass is 9.80. The van der Waals surface area contributed by atoms with Gasteiger partial charge in [0.2, 0.25) is 0 Å². The number of benzene rings is 4. The first-order valence-electron chi connectivity index (χ1n) is 15.5. The van der Waals surface area contributed by atoms with Crippen LogP contribution in [0, 0.1) is 11.8 Å². The van der Waals surface area contributed by atoms with Crippen molar-refractivity contribution in [3.63, 3.8) is 0 Å². The summed E-state index contributed by atoms with van der Waals surface area (Å²) in [5.41, 5.74) is 2.27. The van der Waals surface area contributed by atoms with Crippen LogP contribution in [-0.4, -0.2) is 63.6 Å². The van der Waals surface area contributed by atoms with Gasteiger partial charge in [0, 0.05) is 11.8 Å². The molecule has 0 spiro atoms. The van der Waals surface area contributed by atoms with E-state index in [-0.39, 0.29) is 31.7 Å². The Morgan fingerprint density at radius 1 is 0.717 bits per heavy atom. The van der Waals surface area contributed by atoms with Crippen molar-refractivity contribution in [2.75, 3.05) is 34.0 Å². The number of aliphatic hydroxyl groups excluding tert-OH is 1. The van der Waals surface area contributed by atoms with Crippen LogP contribution in [0.5, 0.6) is 11.5 Å². The molecule has 8 nitrogen and oxygen atoms in total. The third kappa shape index (κ3) is 7.11. The van der Waals surface area contributed by atoms with Gasteiger partial charge in [0.05, 0.1) is 39.6 Å². The Labute approximate surface area is 270 Å². The molecule has 0 bridgehead atoms. The van der Waals surface area contributed by atoms with Crippen LogP contribution in [0.4, 0.5) is 0 Å². The summed E-state index contributed by atoms with van der Waals surface area (Å²) in [7, 11) is 3.28. The van der Waals surface area contributed by atoms with Gasteiger partial charge < -0.3 is 33.5 Å². The molecule has 1 aliphatic heterocycles. The lowest BCUT2D eigenvalue weighted by molar-refractivity contribution is -0.271. The normalized spacial score (nSPS) is 21.4. The van der Waals surface area contributed by atoms with Gasteiger partial charge in [-0.25, -0.2) is 4.79 Å². The molecule has 5 atom stereocenters. The van der Waals surface area contributed by atoms with Gasteiger partial charge in [-0.15, -0.1) is 0 Å². The largest absolute Gasteiger partial charge is 0.497 e. The molecule has 46 heavy (non-hydrogen) atoms. The molecule has 1 fully saturated rings. The van der Waals surface area contributed by atoms with E-state index >= 15 is 0 Å². The van der Waals surface area contributed by atoms with E-state index in [0.717, 1.165) is 28.2 Å². The zero-order chi connectivity index (χ0) is 32.5. The first-order valence-corrected chi connectivity index (χ1v) is 15.5. The molecule has 1 saturated heterocycles. The molecule has 8 heteroatoms. The quantitative estimate of drug-likeness (QED) is 0.106. The molecular weight excluding hydrogens is 584 g/mol. The summed E-state index contributed by atoms with van der Waals surface area (Å²) in [6.07, 6.45) is -1.98. The number of ether oxygens (including phenoxy) is 6. The fourth-order valence-electron chi connectivity index (χ4n) is 5.98. The smallest absolute Gasteiger partial charge is 0.338 e. The van der Waals surface area contributed by atoms with Gasteiger partial charge in [0.25, 0.3) is 0 Å². The highest BCUT2D eigenvalue weighted by Gasteiger charge is 2.44. The van der Waals surface area contributed by atoms with Gasteiger partial charge in [-0.05, 0) is 53.1 Å². The maximum absolute atomic E-state index is 12.8. The van der Waals surface area contributed by atoms with Crippen LogP contribution in [0.1, 0.15) is 40.9 Å².